The van der Waals surface area contributed by atoms with Gasteiger partial charge < -0.3 is 4.90 Å². The number of benzene rings is 2. The van der Waals surface area contributed by atoms with Crippen molar-refractivity contribution in [3.63, 3.8) is 0 Å². The van der Waals surface area contributed by atoms with Gasteiger partial charge in [0.25, 0.3) is 0 Å². The number of likely N-dealkylation sites (tertiary alicyclic amines) is 1. The van der Waals surface area contributed by atoms with Crippen LogP contribution in [-0.4, -0.2) is 57.4 Å². The maximum atomic E-state index is 6.63. The molecule has 0 atom stereocenters. The van der Waals surface area contributed by atoms with Crippen molar-refractivity contribution >= 4 is 35.4 Å². The van der Waals surface area contributed by atoms with Crippen molar-refractivity contribution in [2.45, 2.75) is 45.3 Å². The number of hydrogen-bond acceptors (Lipinski definition) is 4. The van der Waals surface area contributed by atoms with Crippen LogP contribution in [0.5, 0.6) is 0 Å². The minimum absolute atomic E-state index is 0.335. The first kappa shape index (κ1) is 24.4. The van der Waals surface area contributed by atoms with Gasteiger partial charge in [0, 0.05) is 16.6 Å². The van der Waals surface area contributed by atoms with Crippen LogP contribution in [0.15, 0.2) is 42.5 Å². The van der Waals surface area contributed by atoms with Crippen LogP contribution < -0.4 is 0 Å². The third kappa shape index (κ3) is 5.20. The molecule has 1 aromatic heterocycles. The molecule has 5 nitrogen and oxygen atoms in total. The zero-order chi connectivity index (χ0) is 23.7. The highest BCUT2D eigenvalue weighted by Crippen LogP contribution is 2.33. The smallest absolute Gasteiger partial charge is 0.204 e. The summed E-state index contributed by atoms with van der Waals surface area (Å²) in [6.07, 6.45) is 2.29. The highest BCUT2D eigenvalue weighted by molar-refractivity contribution is 7.71. The molecule has 8 heteroatoms. The Hall–Kier alpha value is -1.70. The van der Waals surface area contributed by atoms with Gasteiger partial charge in [-0.1, -0.05) is 55.2 Å². The fourth-order valence-electron chi connectivity index (χ4n) is 4.50. The number of aromatic nitrogens is 3. The largest absolute Gasteiger partial charge is 0.306 e. The van der Waals surface area contributed by atoms with E-state index in [0.717, 1.165) is 43.0 Å². The van der Waals surface area contributed by atoms with E-state index in [0.29, 0.717) is 33.4 Å². The summed E-state index contributed by atoms with van der Waals surface area (Å²) in [6.45, 7) is 7.23. The van der Waals surface area contributed by atoms with E-state index in [1.165, 1.54) is 5.56 Å². The molecule has 1 fully saturated rings. The number of piperidine rings is 1. The molecule has 1 aliphatic heterocycles. The Morgan fingerprint density at radius 2 is 1.82 bits per heavy atom. The molecule has 0 radical (unpaired) electrons. The molecular formula is C25H31Cl2N5S. The second-order valence-electron chi connectivity index (χ2n) is 9.21. The molecule has 0 aliphatic carbocycles. The quantitative estimate of drug-likeness (QED) is 0.359. The first-order valence-corrected chi connectivity index (χ1v) is 12.6. The minimum Gasteiger partial charge on any atom is -0.306 e. The number of halogens is 2. The monoisotopic (exact) mass is 503 g/mol. The molecule has 0 amide bonds. The van der Waals surface area contributed by atoms with Crippen molar-refractivity contribution in [1.82, 2.24) is 24.1 Å². The second-order valence-corrected chi connectivity index (χ2v) is 10.4. The van der Waals surface area contributed by atoms with E-state index in [1.54, 1.807) is 6.07 Å². The molecule has 0 spiro atoms. The third-order valence-corrected chi connectivity index (χ3v) is 7.42. The molecular weight excluding hydrogens is 473 g/mol. The molecule has 176 valence electrons. The number of para-hydroxylation sites is 1. The Morgan fingerprint density at radius 1 is 1.12 bits per heavy atom. The summed E-state index contributed by atoms with van der Waals surface area (Å²) in [5, 5.41) is 6.15. The average molecular weight is 505 g/mol. The van der Waals surface area contributed by atoms with Crippen molar-refractivity contribution in [3.8, 4) is 17.1 Å². The van der Waals surface area contributed by atoms with Crippen LogP contribution in [0.2, 0.25) is 10.0 Å². The summed E-state index contributed by atoms with van der Waals surface area (Å²) in [7, 11) is 4.34. The van der Waals surface area contributed by atoms with E-state index in [-0.39, 0.29) is 0 Å². The summed E-state index contributed by atoms with van der Waals surface area (Å²) in [6, 6.07) is 14.4. The summed E-state index contributed by atoms with van der Waals surface area (Å²) in [4.78, 5) is 4.75. The molecule has 0 saturated carbocycles. The van der Waals surface area contributed by atoms with Crippen LogP contribution in [-0.2, 0) is 6.67 Å². The zero-order valence-corrected chi connectivity index (χ0v) is 22.0. The van der Waals surface area contributed by atoms with Gasteiger partial charge in [0.05, 0.1) is 17.4 Å². The van der Waals surface area contributed by atoms with E-state index in [4.69, 9.17) is 40.5 Å². The van der Waals surface area contributed by atoms with Gasteiger partial charge >= 0.3 is 0 Å². The first-order valence-electron chi connectivity index (χ1n) is 11.4. The minimum atomic E-state index is 0.335. The molecule has 0 bridgehead atoms. The van der Waals surface area contributed by atoms with Gasteiger partial charge in [-0.25, -0.2) is 4.68 Å². The summed E-state index contributed by atoms with van der Waals surface area (Å²) in [5.74, 6) is 1.06. The predicted molar refractivity (Wildman–Crippen MR) is 140 cm³/mol. The standard InChI is InChI=1S/C25H31Cl2N5S/c1-17(2)20-7-5-6-8-23(20)32-24(21-10-9-18(26)15-22(21)27)28-31(25(32)33)16-30(4)19-11-13-29(3)14-12-19/h5-10,15,17,19H,11-14,16H2,1-4H3. The molecule has 4 rings (SSSR count). The highest BCUT2D eigenvalue weighted by Gasteiger charge is 2.24. The van der Waals surface area contributed by atoms with Crippen LogP contribution in [0.1, 0.15) is 38.2 Å². The normalized spacial score (nSPS) is 15.6. The Labute approximate surface area is 211 Å². The Morgan fingerprint density at radius 3 is 2.48 bits per heavy atom. The first-order chi connectivity index (χ1) is 15.8. The Balaban J connectivity index is 1.81. The van der Waals surface area contributed by atoms with E-state index in [9.17, 15) is 0 Å². The lowest BCUT2D eigenvalue weighted by Crippen LogP contribution is -2.42. The topological polar surface area (TPSA) is 29.2 Å². The van der Waals surface area contributed by atoms with Crippen LogP contribution >= 0.6 is 35.4 Å². The van der Waals surface area contributed by atoms with Gasteiger partial charge in [0.1, 0.15) is 0 Å². The molecule has 33 heavy (non-hydrogen) atoms. The van der Waals surface area contributed by atoms with Gasteiger partial charge in [-0.05, 0) is 88.0 Å². The maximum Gasteiger partial charge on any atom is 0.204 e. The van der Waals surface area contributed by atoms with Crippen molar-refractivity contribution in [1.29, 1.82) is 0 Å². The summed E-state index contributed by atoms with van der Waals surface area (Å²) >= 11 is 18.8. The zero-order valence-electron chi connectivity index (χ0n) is 19.6. The molecule has 3 aromatic rings. The van der Waals surface area contributed by atoms with Gasteiger partial charge in [0.15, 0.2) is 5.82 Å². The van der Waals surface area contributed by atoms with E-state index in [1.807, 2.05) is 22.9 Å². The molecule has 1 aliphatic rings. The molecule has 2 heterocycles. The summed E-state index contributed by atoms with van der Waals surface area (Å²) < 4.78 is 4.64. The lowest BCUT2D eigenvalue weighted by molar-refractivity contribution is 0.113. The summed E-state index contributed by atoms with van der Waals surface area (Å²) in [5.41, 5.74) is 3.06. The Kier molecular flexibility index (Phi) is 7.61. The van der Waals surface area contributed by atoms with Crippen molar-refractivity contribution < 1.29 is 0 Å². The fraction of sp³-hybridized carbons (Fsp3) is 0.440. The third-order valence-electron chi connectivity index (χ3n) is 6.48. The SMILES string of the molecule is CC(C)c1ccccc1-n1c(-c2ccc(Cl)cc2Cl)nn(CN(C)C2CCN(C)CC2)c1=S. The van der Waals surface area contributed by atoms with E-state index < -0.39 is 0 Å². The highest BCUT2D eigenvalue weighted by atomic mass is 35.5. The lowest BCUT2D eigenvalue weighted by Gasteiger charge is -2.34. The lowest BCUT2D eigenvalue weighted by atomic mass is 10.0. The average Bonchev–Trinajstić information content (AvgIpc) is 3.09. The van der Waals surface area contributed by atoms with Crippen LogP contribution in [0.4, 0.5) is 0 Å². The van der Waals surface area contributed by atoms with E-state index >= 15 is 0 Å². The molecule has 1 saturated heterocycles. The van der Waals surface area contributed by atoms with Crippen molar-refractivity contribution in [3.05, 3.63) is 62.8 Å². The van der Waals surface area contributed by atoms with Crippen LogP contribution in [0.25, 0.3) is 17.1 Å². The molecule has 0 N–H and O–H groups in total. The van der Waals surface area contributed by atoms with E-state index in [2.05, 4.69) is 60.5 Å². The van der Waals surface area contributed by atoms with Gasteiger partial charge in [0.2, 0.25) is 4.77 Å². The van der Waals surface area contributed by atoms with Gasteiger partial charge in [-0.2, -0.15) is 0 Å². The van der Waals surface area contributed by atoms with Crippen LogP contribution in [0.3, 0.4) is 0 Å². The number of hydrogen-bond donors (Lipinski definition) is 0. The molecule has 0 unspecified atom stereocenters. The van der Waals surface area contributed by atoms with Crippen molar-refractivity contribution in [2.24, 2.45) is 0 Å². The van der Waals surface area contributed by atoms with Crippen LogP contribution in [0, 0.1) is 4.77 Å². The number of rotatable bonds is 6. The van der Waals surface area contributed by atoms with Gasteiger partial charge in [-0.3, -0.25) is 9.47 Å². The van der Waals surface area contributed by atoms with Gasteiger partial charge in [-0.15, -0.1) is 5.10 Å². The second kappa shape index (κ2) is 10.3. The maximum absolute atomic E-state index is 6.63. The Bertz CT molecular complexity index is 1180. The fourth-order valence-corrected chi connectivity index (χ4v) is 5.28. The number of nitrogens with zero attached hydrogens (tertiary/aromatic N) is 5. The van der Waals surface area contributed by atoms with Crippen molar-refractivity contribution in [2.75, 3.05) is 27.2 Å². The predicted octanol–water partition coefficient (Wildman–Crippen LogP) is 6.48. The molecule has 2 aromatic carbocycles.